The molecule has 1 aliphatic rings. The predicted octanol–water partition coefficient (Wildman–Crippen LogP) is 3.21. The highest BCUT2D eigenvalue weighted by molar-refractivity contribution is 5.95. The van der Waals surface area contributed by atoms with Crippen molar-refractivity contribution < 1.29 is 14.3 Å². The molecule has 4 nitrogen and oxygen atoms in total. The monoisotopic (exact) mass is 323 g/mol. The fourth-order valence-electron chi connectivity index (χ4n) is 2.95. The third-order valence-corrected chi connectivity index (χ3v) is 4.27. The molecular weight excluding hydrogens is 302 g/mol. The molecule has 4 heteroatoms. The van der Waals surface area contributed by atoms with E-state index in [1.165, 1.54) is 0 Å². The summed E-state index contributed by atoms with van der Waals surface area (Å²) in [7, 11) is 0. The Morgan fingerprint density at radius 2 is 1.79 bits per heavy atom. The van der Waals surface area contributed by atoms with Crippen LogP contribution in [0.25, 0.3) is 0 Å². The van der Waals surface area contributed by atoms with E-state index in [1.54, 1.807) is 17.0 Å². The number of fused-ring (bicyclic) bond motifs is 1. The van der Waals surface area contributed by atoms with Crippen molar-refractivity contribution in [2.24, 2.45) is 0 Å². The van der Waals surface area contributed by atoms with E-state index in [0.29, 0.717) is 18.5 Å². The number of cyclic esters (lactones) is 1. The zero-order valence-corrected chi connectivity index (χ0v) is 13.9. The molecule has 1 atom stereocenters. The van der Waals surface area contributed by atoms with E-state index >= 15 is 0 Å². The molecule has 2 aromatic rings. The Kier molecular flexibility index (Phi) is 4.65. The highest BCUT2D eigenvalue weighted by Crippen LogP contribution is 2.23. The summed E-state index contributed by atoms with van der Waals surface area (Å²) in [6.45, 7) is 4.45. The minimum atomic E-state index is -0.751. The van der Waals surface area contributed by atoms with Gasteiger partial charge in [0.05, 0.1) is 5.56 Å². The maximum Gasteiger partial charge on any atom is 0.339 e. The van der Waals surface area contributed by atoms with Crippen LogP contribution >= 0.6 is 0 Å². The lowest BCUT2D eigenvalue weighted by molar-refractivity contribution is -0.143. The van der Waals surface area contributed by atoms with Crippen molar-refractivity contribution in [2.45, 2.75) is 39.0 Å². The number of carbonyl (C=O) groups is 2. The molecule has 2 aromatic carbocycles. The average molecular weight is 323 g/mol. The van der Waals surface area contributed by atoms with Crippen molar-refractivity contribution in [2.75, 3.05) is 0 Å². The summed E-state index contributed by atoms with van der Waals surface area (Å²) in [4.78, 5) is 26.9. The van der Waals surface area contributed by atoms with Gasteiger partial charge in [0.2, 0.25) is 0 Å². The molecule has 0 unspecified atom stereocenters. The number of amides is 1. The largest absolute Gasteiger partial charge is 0.448 e. The molecule has 0 saturated heterocycles. The summed E-state index contributed by atoms with van der Waals surface area (Å²) in [5.41, 5.74) is 2.48. The van der Waals surface area contributed by atoms with Crippen molar-refractivity contribution in [3.8, 4) is 0 Å². The van der Waals surface area contributed by atoms with Gasteiger partial charge in [-0.05, 0) is 31.0 Å². The fourth-order valence-corrected chi connectivity index (χ4v) is 2.95. The molecule has 0 aromatic heterocycles. The molecule has 0 aliphatic carbocycles. The Hall–Kier alpha value is -2.62. The highest BCUT2D eigenvalue weighted by atomic mass is 16.5. The first-order valence-electron chi connectivity index (χ1n) is 8.19. The lowest BCUT2D eigenvalue weighted by atomic mass is 9.97. The summed E-state index contributed by atoms with van der Waals surface area (Å²) in [6.07, 6.45) is -0.322. The Morgan fingerprint density at radius 3 is 2.50 bits per heavy atom. The van der Waals surface area contributed by atoms with E-state index in [4.69, 9.17) is 4.74 Å². The molecule has 0 radical (unpaired) electrons. The standard InChI is InChI=1S/C20H21NO3/c1-14(2)21(13-15-8-4-3-5-9-15)19(22)18-12-16-10-6-7-11-17(16)20(23)24-18/h3-11,14,18H,12-13H2,1-2H3/t18-/m1/s1. The first-order valence-corrected chi connectivity index (χ1v) is 8.19. The third kappa shape index (κ3) is 3.32. The van der Waals surface area contributed by atoms with Crippen molar-refractivity contribution in [3.05, 3.63) is 71.3 Å². The summed E-state index contributed by atoms with van der Waals surface area (Å²) in [5.74, 6) is -0.560. The maximum atomic E-state index is 12.9. The van der Waals surface area contributed by atoms with Gasteiger partial charge in [-0.3, -0.25) is 4.79 Å². The van der Waals surface area contributed by atoms with E-state index in [2.05, 4.69) is 0 Å². The minimum absolute atomic E-state index is 0.0218. The van der Waals surface area contributed by atoms with Gasteiger partial charge in [0.15, 0.2) is 6.10 Å². The molecule has 0 saturated carbocycles. The summed E-state index contributed by atoms with van der Waals surface area (Å²) >= 11 is 0. The van der Waals surface area contributed by atoms with Crippen LogP contribution in [0.4, 0.5) is 0 Å². The van der Waals surface area contributed by atoms with E-state index in [0.717, 1.165) is 11.1 Å². The number of hydrogen-bond donors (Lipinski definition) is 0. The van der Waals surface area contributed by atoms with Crippen LogP contribution in [0.5, 0.6) is 0 Å². The van der Waals surface area contributed by atoms with E-state index in [1.807, 2.05) is 56.3 Å². The van der Waals surface area contributed by atoms with Crippen molar-refractivity contribution in [1.29, 1.82) is 0 Å². The zero-order valence-electron chi connectivity index (χ0n) is 13.9. The summed E-state index contributed by atoms with van der Waals surface area (Å²) < 4.78 is 5.41. The van der Waals surface area contributed by atoms with E-state index in [9.17, 15) is 9.59 Å². The molecule has 24 heavy (non-hydrogen) atoms. The smallest absolute Gasteiger partial charge is 0.339 e. The Morgan fingerprint density at radius 1 is 1.12 bits per heavy atom. The van der Waals surface area contributed by atoms with Crippen LogP contribution in [0.1, 0.15) is 35.3 Å². The molecule has 1 aliphatic heterocycles. The minimum Gasteiger partial charge on any atom is -0.448 e. The number of carbonyl (C=O) groups excluding carboxylic acids is 2. The third-order valence-electron chi connectivity index (χ3n) is 4.27. The quantitative estimate of drug-likeness (QED) is 0.812. The van der Waals surface area contributed by atoms with Gasteiger partial charge in [0.25, 0.3) is 5.91 Å². The normalized spacial score (nSPS) is 16.5. The maximum absolute atomic E-state index is 12.9. The average Bonchev–Trinajstić information content (AvgIpc) is 2.60. The number of nitrogens with zero attached hydrogens (tertiary/aromatic N) is 1. The lowest BCUT2D eigenvalue weighted by Crippen LogP contribution is -2.46. The van der Waals surface area contributed by atoms with Crippen LogP contribution < -0.4 is 0 Å². The Labute approximate surface area is 142 Å². The number of ether oxygens (including phenoxy) is 1. The molecule has 0 N–H and O–H groups in total. The molecule has 1 heterocycles. The van der Waals surface area contributed by atoms with Gasteiger partial charge in [-0.25, -0.2) is 4.79 Å². The molecule has 0 spiro atoms. The summed E-state index contributed by atoms with van der Waals surface area (Å²) in [6, 6.07) is 17.2. The van der Waals surface area contributed by atoms with Crippen molar-refractivity contribution in [1.82, 2.24) is 4.90 Å². The van der Waals surface area contributed by atoms with Gasteiger partial charge in [-0.1, -0.05) is 48.5 Å². The van der Waals surface area contributed by atoms with Crippen LogP contribution in [-0.2, 0) is 22.5 Å². The zero-order chi connectivity index (χ0) is 17.1. The SMILES string of the molecule is CC(C)N(Cc1ccccc1)C(=O)[C@H]1Cc2ccccc2C(=O)O1. The topological polar surface area (TPSA) is 46.6 Å². The predicted molar refractivity (Wildman–Crippen MR) is 91.5 cm³/mol. The molecule has 1 amide bonds. The molecule has 0 fully saturated rings. The number of hydrogen-bond acceptors (Lipinski definition) is 3. The van der Waals surface area contributed by atoms with Gasteiger partial charge < -0.3 is 9.64 Å². The number of esters is 1. The lowest BCUT2D eigenvalue weighted by Gasteiger charge is -2.32. The number of benzene rings is 2. The Balaban J connectivity index is 1.80. The van der Waals surface area contributed by atoms with Crippen LogP contribution in [0.15, 0.2) is 54.6 Å². The van der Waals surface area contributed by atoms with Gasteiger partial charge in [-0.15, -0.1) is 0 Å². The summed E-state index contributed by atoms with van der Waals surface area (Å²) in [5, 5.41) is 0. The second-order valence-corrected chi connectivity index (χ2v) is 6.30. The van der Waals surface area contributed by atoms with Crippen molar-refractivity contribution >= 4 is 11.9 Å². The first-order chi connectivity index (χ1) is 11.6. The number of rotatable bonds is 4. The van der Waals surface area contributed by atoms with Crippen molar-refractivity contribution in [3.63, 3.8) is 0 Å². The van der Waals surface area contributed by atoms with Crippen LogP contribution in [0, 0.1) is 0 Å². The molecule has 124 valence electrons. The second kappa shape index (κ2) is 6.87. The second-order valence-electron chi connectivity index (χ2n) is 6.30. The van der Waals surface area contributed by atoms with E-state index < -0.39 is 12.1 Å². The highest BCUT2D eigenvalue weighted by Gasteiger charge is 2.34. The van der Waals surface area contributed by atoms with E-state index in [-0.39, 0.29) is 11.9 Å². The van der Waals surface area contributed by atoms with Crippen LogP contribution in [0.2, 0.25) is 0 Å². The molecular formula is C20H21NO3. The van der Waals surface area contributed by atoms with Crippen LogP contribution in [-0.4, -0.2) is 28.9 Å². The Bertz CT molecular complexity index is 740. The fraction of sp³-hybridized carbons (Fsp3) is 0.300. The molecule has 0 bridgehead atoms. The van der Waals surface area contributed by atoms with Gasteiger partial charge in [0.1, 0.15) is 0 Å². The first kappa shape index (κ1) is 16.2. The van der Waals surface area contributed by atoms with Gasteiger partial charge >= 0.3 is 5.97 Å². The van der Waals surface area contributed by atoms with Gasteiger partial charge in [-0.2, -0.15) is 0 Å². The molecule has 3 rings (SSSR count). The van der Waals surface area contributed by atoms with Crippen LogP contribution in [0.3, 0.4) is 0 Å². The van der Waals surface area contributed by atoms with Gasteiger partial charge in [0, 0.05) is 19.0 Å².